The van der Waals surface area contributed by atoms with Gasteiger partial charge in [0.15, 0.2) is 5.82 Å². The van der Waals surface area contributed by atoms with Gasteiger partial charge in [-0.1, -0.05) is 31.5 Å². The van der Waals surface area contributed by atoms with Gasteiger partial charge < -0.3 is 14.7 Å². The molecular weight excluding hydrogens is 418 g/mol. The molecular formula is C24H33N7O2. The van der Waals surface area contributed by atoms with Gasteiger partial charge in [-0.25, -0.2) is 18.9 Å². The van der Waals surface area contributed by atoms with E-state index in [2.05, 4.69) is 51.1 Å². The number of carbonyl (C=O) groups is 1. The third kappa shape index (κ3) is 4.86. The van der Waals surface area contributed by atoms with Crippen molar-refractivity contribution in [2.24, 2.45) is 0 Å². The van der Waals surface area contributed by atoms with E-state index in [0.717, 1.165) is 39.0 Å². The quantitative estimate of drug-likeness (QED) is 0.522. The van der Waals surface area contributed by atoms with E-state index >= 15 is 0 Å². The van der Waals surface area contributed by atoms with Gasteiger partial charge in [-0.3, -0.25) is 4.79 Å². The molecule has 1 amide bonds. The molecule has 0 spiro atoms. The van der Waals surface area contributed by atoms with E-state index in [9.17, 15) is 9.59 Å². The van der Waals surface area contributed by atoms with Crippen molar-refractivity contribution >= 4 is 23.1 Å². The minimum atomic E-state index is -0.312. The van der Waals surface area contributed by atoms with Crippen molar-refractivity contribution in [3.63, 3.8) is 0 Å². The maximum atomic E-state index is 12.9. The smallest absolute Gasteiger partial charge is 0.350 e. The second-order valence-corrected chi connectivity index (χ2v) is 8.58. The highest BCUT2D eigenvalue weighted by Crippen LogP contribution is 2.21. The Bertz CT molecular complexity index is 1140. The van der Waals surface area contributed by atoms with Gasteiger partial charge in [0.25, 0.3) is 0 Å². The van der Waals surface area contributed by atoms with E-state index in [1.54, 1.807) is 17.3 Å². The highest BCUT2D eigenvalue weighted by Gasteiger charge is 2.23. The minimum absolute atomic E-state index is 0.0544. The molecule has 0 aliphatic carbocycles. The van der Waals surface area contributed by atoms with Crippen LogP contribution in [0.15, 0.2) is 41.5 Å². The fourth-order valence-corrected chi connectivity index (χ4v) is 4.32. The zero-order chi connectivity index (χ0) is 23.4. The van der Waals surface area contributed by atoms with Crippen molar-refractivity contribution in [1.29, 1.82) is 0 Å². The lowest BCUT2D eigenvalue weighted by atomic mass is 10.2. The van der Waals surface area contributed by atoms with Crippen LogP contribution in [0.1, 0.15) is 32.3 Å². The van der Waals surface area contributed by atoms with Crippen LogP contribution >= 0.6 is 0 Å². The van der Waals surface area contributed by atoms with E-state index in [0.29, 0.717) is 24.6 Å². The van der Waals surface area contributed by atoms with Crippen LogP contribution in [0.4, 0.5) is 11.5 Å². The summed E-state index contributed by atoms with van der Waals surface area (Å²) in [6, 6.07) is 8.57. The van der Waals surface area contributed by atoms with Crippen LogP contribution in [0, 0.1) is 6.92 Å². The number of fused-ring (bicyclic) bond motifs is 1. The molecule has 1 saturated heterocycles. The van der Waals surface area contributed by atoms with E-state index in [1.165, 1.54) is 20.3 Å². The molecule has 0 radical (unpaired) electrons. The molecule has 0 unspecified atom stereocenters. The number of aromatic nitrogens is 4. The predicted molar refractivity (Wildman–Crippen MR) is 130 cm³/mol. The lowest BCUT2D eigenvalue weighted by Gasteiger charge is -2.36. The van der Waals surface area contributed by atoms with E-state index in [-0.39, 0.29) is 18.1 Å². The molecule has 1 aromatic carbocycles. The number of piperazine rings is 1. The first-order valence-corrected chi connectivity index (χ1v) is 11.8. The Morgan fingerprint density at radius 2 is 1.64 bits per heavy atom. The fraction of sp³-hybridized carbons (Fsp3) is 0.500. The highest BCUT2D eigenvalue weighted by atomic mass is 16.2. The number of hydrogen-bond donors (Lipinski definition) is 0. The van der Waals surface area contributed by atoms with Crippen molar-refractivity contribution in [1.82, 2.24) is 24.1 Å². The van der Waals surface area contributed by atoms with Gasteiger partial charge in [0.1, 0.15) is 6.54 Å². The molecule has 0 bridgehead atoms. The molecule has 0 saturated carbocycles. The van der Waals surface area contributed by atoms with Crippen molar-refractivity contribution in [3.8, 4) is 0 Å². The summed E-state index contributed by atoms with van der Waals surface area (Å²) < 4.78 is 2.76. The lowest BCUT2D eigenvalue weighted by Crippen LogP contribution is -2.47. The monoisotopic (exact) mass is 451 g/mol. The number of anilines is 2. The number of nitrogens with zero attached hydrogens (tertiary/aromatic N) is 7. The van der Waals surface area contributed by atoms with Gasteiger partial charge >= 0.3 is 5.69 Å². The molecule has 1 aliphatic heterocycles. The van der Waals surface area contributed by atoms with Crippen LogP contribution in [0.3, 0.4) is 0 Å². The summed E-state index contributed by atoms with van der Waals surface area (Å²) in [6.45, 7) is 10.8. The molecule has 1 fully saturated rings. The Morgan fingerprint density at radius 3 is 2.27 bits per heavy atom. The number of carbonyl (C=O) groups excluding carboxylic acids is 1. The number of aryl methyl sites for hydroxylation is 1. The number of hydrogen-bond acceptors (Lipinski definition) is 6. The summed E-state index contributed by atoms with van der Waals surface area (Å²) in [7, 11) is 0. The van der Waals surface area contributed by atoms with Crippen LogP contribution < -0.4 is 15.5 Å². The first kappa shape index (κ1) is 22.8. The molecule has 176 valence electrons. The summed E-state index contributed by atoms with van der Waals surface area (Å²) in [5.41, 5.74) is 2.65. The molecule has 3 aromatic rings. The van der Waals surface area contributed by atoms with E-state index in [4.69, 9.17) is 0 Å². The third-order valence-corrected chi connectivity index (χ3v) is 6.09. The van der Waals surface area contributed by atoms with Crippen LogP contribution in [0.5, 0.6) is 0 Å². The van der Waals surface area contributed by atoms with Gasteiger partial charge in [-0.15, -0.1) is 5.10 Å². The third-order valence-electron chi connectivity index (χ3n) is 6.09. The van der Waals surface area contributed by atoms with Gasteiger partial charge in [0.2, 0.25) is 11.6 Å². The van der Waals surface area contributed by atoms with Gasteiger partial charge in [0.05, 0.1) is 0 Å². The maximum Gasteiger partial charge on any atom is 0.350 e. The SMILES string of the molecule is CCCN(CCC)C(=O)Cn1nc2c(N3CCN(c4ccc(C)cc4)CC3)nccn2c1=O. The number of benzene rings is 1. The molecule has 2 aromatic heterocycles. The Kier molecular flexibility index (Phi) is 6.96. The molecule has 4 rings (SSSR count). The summed E-state index contributed by atoms with van der Waals surface area (Å²) >= 11 is 0. The van der Waals surface area contributed by atoms with Crippen molar-refractivity contribution in [2.45, 2.75) is 40.2 Å². The lowest BCUT2D eigenvalue weighted by molar-refractivity contribution is -0.132. The number of amides is 1. The molecule has 1 aliphatic rings. The first-order chi connectivity index (χ1) is 16.0. The van der Waals surface area contributed by atoms with Gasteiger partial charge in [-0.05, 0) is 31.9 Å². The molecule has 3 heterocycles. The Hall–Kier alpha value is -3.36. The summed E-state index contributed by atoms with van der Waals surface area (Å²) in [5.74, 6) is 0.605. The van der Waals surface area contributed by atoms with Crippen molar-refractivity contribution in [2.75, 3.05) is 49.1 Å². The Labute approximate surface area is 194 Å². The Morgan fingerprint density at radius 1 is 1.00 bits per heavy atom. The van der Waals surface area contributed by atoms with Crippen LogP contribution in [0.25, 0.3) is 5.65 Å². The molecule has 0 atom stereocenters. The number of rotatable bonds is 8. The summed E-state index contributed by atoms with van der Waals surface area (Å²) in [5, 5.41) is 4.52. The minimum Gasteiger partial charge on any atom is -0.368 e. The fourth-order valence-electron chi connectivity index (χ4n) is 4.32. The summed E-state index contributed by atoms with van der Waals surface area (Å²) in [6.07, 6.45) is 5.01. The molecule has 9 heteroatoms. The van der Waals surface area contributed by atoms with Crippen LogP contribution in [-0.4, -0.2) is 69.2 Å². The highest BCUT2D eigenvalue weighted by molar-refractivity contribution is 5.76. The van der Waals surface area contributed by atoms with E-state index in [1.807, 2.05) is 13.8 Å². The Balaban J connectivity index is 1.52. The second-order valence-electron chi connectivity index (χ2n) is 8.58. The predicted octanol–water partition coefficient (Wildman–Crippen LogP) is 2.17. The van der Waals surface area contributed by atoms with Crippen LogP contribution in [0.2, 0.25) is 0 Å². The molecule has 33 heavy (non-hydrogen) atoms. The largest absolute Gasteiger partial charge is 0.368 e. The van der Waals surface area contributed by atoms with Gasteiger partial charge in [0, 0.05) is 57.3 Å². The van der Waals surface area contributed by atoms with E-state index < -0.39 is 0 Å². The zero-order valence-electron chi connectivity index (χ0n) is 19.8. The topological polar surface area (TPSA) is 79.0 Å². The van der Waals surface area contributed by atoms with Crippen LogP contribution in [-0.2, 0) is 11.3 Å². The normalized spacial score (nSPS) is 14.2. The van der Waals surface area contributed by atoms with Crippen molar-refractivity contribution < 1.29 is 4.79 Å². The second kappa shape index (κ2) is 10.1. The van der Waals surface area contributed by atoms with Crippen molar-refractivity contribution in [3.05, 3.63) is 52.7 Å². The molecule has 9 nitrogen and oxygen atoms in total. The van der Waals surface area contributed by atoms with Gasteiger partial charge in [-0.2, -0.15) is 0 Å². The summed E-state index contributed by atoms with van der Waals surface area (Å²) in [4.78, 5) is 36.6. The molecule has 0 N–H and O–H groups in total. The zero-order valence-corrected chi connectivity index (χ0v) is 19.8. The maximum absolute atomic E-state index is 12.9. The standard InChI is InChI=1S/C24H33N7O2/c1-4-11-28(12-5-2)21(32)18-31-24(33)30-13-10-25-22(23(30)26-31)29-16-14-27(15-17-29)20-8-6-19(3)7-9-20/h6-10,13H,4-5,11-12,14-18H2,1-3H3. The first-order valence-electron chi connectivity index (χ1n) is 11.8. The average Bonchev–Trinajstić information content (AvgIpc) is 3.15. The average molecular weight is 452 g/mol.